The van der Waals surface area contributed by atoms with Gasteiger partial charge in [0.15, 0.2) is 0 Å². The minimum atomic E-state index is 0.0217. The molecule has 0 saturated heterocycles. The summed E-state index contributed by atoms with van der Waals surface area (Å²) in [6.07, 6.45) is 8.69. The van der Waals surface area contributed by atoms with E-state index in [0.717, 1.165) is 54.8 Å². The highest BCUT2D eigenvalue weighted by atomic mass is 16.5. The molecule has 3 aliphatic rings. The molecule has 2 atom stereocenters. The second-order valence-electron chi connectivity index (χ2n) is 12.0. The highest BCUT2D eigenvalue weighted by molar-refractivity contribution is 5.86. The number of benzene rings is 4. The van der Waals surface area contributed by atoms with Crippen LogP contribution in [-0.2, 0) is 12.8 Å². The number of pyridine rings is 1. The Morgan fingerprint density at radius 2 is 1.51 bits per heavy atom. The van der Waals surface area contributed by atoms with Crippen molar-refractivity contribution in [1.82, 2.24) is 4.98 Å². The van der Waals surface area contributed by atoms with Crippen molar-refractivity contribution in [2.45, 2.75) is 51.4 Å². The highest BCUT2D eigenvalue weighted by Gasteiger charge is 2.40. The fourth-order valence-electron chi connectivity index (χ4n) is 7.33. The lowest BCUT2D eigenvalue weighted by Crippen LogP contribution is -2.28. The summed E-state index contributed by atoms with van der Waals surface area (Å²) in [6.45, 7) is 2.35. The number of fused-ring (bicyclic) bond motifs is 4. The first-order chi connectivity index (χ1) is 20.1. The number of rotatable bonds is 2. The van der Waals surface area contributed by atoms with Crippen LogP contribution < -0.4 is 10.5 Å². The Hall–Kier alpha value is -4.37. The van der Waals surface area contributed by atoms with Crippen LogP contribution in [0.2, 0.25) is 0 Å². The van der Waals surface area contributed by atoms with Crippen LogP contribution in [0.5, 0.6) is 5.88 Å². The van der Waals surface area contributed by atoms with Gasteiger partial charge in [-0.1, -0.05) is 85.8 Å². The molecule has 2 heterocycles. The van der Waals surface area contributed by atoms with Gasteiger partial charge in [0.1, 0.15) is 5.76 Å². The zero-order valence-corrected chi connectivity index (χ0v) is 23.5. The highest BCUT2D eigenvalue weighted by Crippen LogP contribution is 2.53. The molecule has 2 aliphatic carbocycles. The van der Waals surface area contributed by atoms with E-state index < -0.39 is 0 Å². The molecule has 3 nitrogen and oxygen atoms in total. The first-order valence-electron chi connectivity index (χ1n) is 15.1. The van der Waals surface area contributed by atoms with Gasteiger partial charge in [-0.15, -0.1) is 0 Å². The number of allylic oxidation sites excluding steroid dienone is 2. The Morgan fingerprint density at radius 1 is 0.805 bits per heavy atom. The number of ether oxygens (including phenoxy) is 1. The van der Waals surface area contributed by atoms with E-state index in [2.05, 4.69) is 97.9 Å². The summed E-state index contributed by atoms with van der Waals surface area (Å²) < 4.78 is 6.88. The van der Waals surface area contributed by atoms with E-state index in [4.69, 9.17) is 15.5 Å². The van der Waals surface area contributed by atoms with Crippen LogP contribution in [0.4, 0.5) is 5.69 Å². The second kappa shape index (κ2) is 9.62. The molecule has 0 bridgehead atoms. The largest absolute Gasteiger partial charge is 0.438 e. The van der Waals surface area contributed by atoms with Gasteiger partial charge in [0.05, 0.1) is 0 Å². The van der Waals surface area contributed by atoms with Gasteiger partial charge in [0.2, 0.25) is 5.88 Å². The minimum absolute atomic E-state index is 0.0217. The molecule has 0 spiro atoms. The number of aromatic nitrogens is 1. The molecule has 4 aromatic carbocycles. The molecule has 8 rings (SSSR count). The average molecular weight is 535 g/mol. The lowest BCUT2D eigenvalue weighted by atomic mass is 9.71. The van der Waals surface area contributed by atoms with Crippen LogP contribution in [0.25, 0.3) is 27.6 Å². The molecule has 0 amide bonds. The van der Waals surface area contributed by atoms with Crippen molar-refractivity contribution in [2.24, 2.45) is 5.92 Å². The second-order valence-corrected chi connectivity index (χ2v) is 12.0. The van der Waals surface area contributed by atoms with Gasteiger partial charge >= 0.3 is 0 Å². The summed E-state index contributed by atoms with van der Waals surface area (Å²) in [4.78, 5) is 5.19. The molecule has 1 aromatic heterocycles. The van der Waals surface area contributed by atoms with Crippen molar-refractivity contribution in [3.8, 4) is 5.88 Å². The third kappa shape index (κ3) is 4.06. The van der Waals surface area contributed by atoms with Gasteiger partial charge in [-0.2, -0.15) is 0 Å². The van der Waals surface area contributed by atoms with Crippen LogP contribution in [0.3, 0.4) is 0 Å². The van der Waals surface area contributed by atoms with Crippen molar-refractivity contribution in [2.75, 3.05) is 5.73 Å². The molecule has 41 heavy (non-hydrogen) atoms. The zero-order chi connectivity index (χ0) is 27.5. The van der Waals surface area contributed by atoms with Crippen molar-refractivity contribution in [3.05, 3.63) is 130 Å². The van der Waals surface area contributed by atoms with Gasteiger partial charge < -0.3 is 10.5 Å². The van der Waals surface area contributed by atoms with Crippen molar-refractivity contribution in [1.29, 1.82) is 0 Å². The van der Waals surface area contributed by atoms with Gasteiger partial charge in [-0.25, -0.2) is 4.98 Å². The average Bonchev–Trinajstić information content (AvgIpc) is 3.01. The summed E-state index contributed by atoms with van der Waals surface area (Å²) in [5.74, 6) is 2.11. The van der Waals surface area contributed by atoms with E-state index in [1.54, 1.807) is 0 Å². The molecule has 5 aromatic rings. The van der Waals surface area contributed by atoms with Gasteiger partial charge in [0.25, 0.3) is 0 Å². The predicted molar refractivity (Wildman–Crippen MR) is 169 cm³/mol. The molecular weight excluding hydrogens is 500 g/mol. The smallest absolute Gasteiger partial charge is 0.225 e. The summed E-state index contributed by atoms with van der Waals surface area (Å²) in [5, 5.41) is 5.02. The van der Waals surface area contributed by atoms with Gasteiger partial charge in [0, 0.05) is 22.9 Å². The molecule has 2 unspecified atom stereocenters. The molecule has 2 N–H and O–H groups in total. The number of nitrogen functional groups attached to an aromatic ring is 1. The van der Waals surface area contributed by atoms with Gasteiger partial charge in [-0.05, 0) is 106 Å². The summed E-state index contributed by atoms with van der Waals surface area (Å²) in [7, 11) is 0. The van der Waals surface area contributed by atoms with E-state index in [-0.39, 0.29) is 5.92 Å². The molecule has 3 heteroatoms. The topological polar surface area (TPSA) is 48.1 Å². The van der Waals surface area contributed by atoms with Crippen LogP contribution >= 0.6 is 0 Å². The number of anilines is 1. The SMILES string of the molecule is CC1CC/C(=C\c2ccc3ccccc3c2)C2=C1C(c1ccc3ccccc3c1)c1c(nc3c(c1N)CCCC3)O2. The Labute approximate surface area is 241 Å². The summed E-state index contributed by atoms with van der Waals surface area (Å²) in [5.41, 5.74) is 16.5. The van der Waals surface area contributed by atoms with Gasteiger partial charge in [-0.3, -0.25) is 0 Å². The third-order valence-electron chi connectivity index (χ3n) is 9.47. The number of hydrogen-bond acceptors (Lipinski definition) is 3. The number of aryl methyl sites for hydroxylation is 1. The van der Waals surface area contributed by atoms with Crippen LogP contribution in [0, 0.1) is 5.92 Å². The normalized spacial score (nSPS) is 21.0. The quantitative estimate of drug-likeness (QED) is 0.246. The number of hydrogen-bond donors (Lipinski definition) is 1. The maximum atomic E-state index is 7.09. The summed E-state index contributed by atoms with van der Waals surface area (Å²) in [6, 6.07) is 30.8. The van der Waals surface area contributed by atoms with Crippen molar-refractivity contribution < 1.29 is 4.74 Å². The molecular formula is C38H34N2O. The monoisotopic (exact) mass is 534 g/mol. The van der Waals surface area contributed by atoms with E-state index in [9.17, 15) is 0 Å². The minimum Gasteiger partial charge on any atom is -0.438 e. The Morgan fingerprint density at radius 3 is 2.32 bits per heavy atom. The predicted octanol–water partition coefficient (Wildman–Crippen LogP) is 9.14. The Bertz CT molecular complexity index is 1910. The molecule has 0 saturated carbocycles. The number of nitrogens with zero attached hydrogens (tertiary/aromatic N) is 1. The van der Waals surface area contributed by atoms with Crippen LogP contribution in [0.1, 0.15) is 66.5 Å². The third-order valence-corrected chi connectivity index (χ3v) is 9.47. The van der Waals surface area contributed by atoms with Crippen LogP contribution in [0.15, 0.2) is 102 Å². The molecule has 0 fully saturated rings. The maximum Gasteiger partial charge on any atom is 0.225 e. The van der Waals surface area contributed by atoms with Crippen LogP contribution in [-0.4, -0.2) is 4.98 Å². The lowest BCUT2D eigenvalue weighted by Gasteiger charge is -2.39. The first kappa shape index (κ1) is 24.4. The molecule has 202 valence electrons. The lowest BCUT2D eigenvalue weighted by molar-refractivity contribution is 0.350. The fourth-order valence-corrected chi connectivity index (χ4v) is 7.33. The zero-order valence-electron chi connectivity index (χ0n) is 23.5. The maximum absolute atomic E-state index is 7.09. The van der Waals surface area contributed by atoms with Crippen molar-refractivity contribution >= 4 is 33.3 Å². The number of nitrogens with two attached hydrogens (primary N) is 1. The first-order valence-corrected chi connectivity index (χ1v) is 15.1. The standard InChI is InChI=1S/C38H34N2O/c1-23-14-16-30(21-24-15-17-25-8-2-4-10-27(25)20-24)37-33(23)34(29-19-18-26-9-3-5-11-28(26)22-29)35-36(39)31-12-6-7-13-32(31)40-38(35)41-37/h2-5,8-11,15,17-23,34H,6-7,12-14,16H2,1H3,(H2,39,40)/b30-21+. The molecule has 1 aliphatic heterocycles. The van der Waals surface area contributed by atoms with Crippen molar-refractivity contribution in [3.63, 3.8) is 0 Å². The van der Waals surface area contributed by atoms with E-state index >= 15 is 0 Å². The summed E-state index contributed by atoms with van der Waals surface area (Å²) >= 11 is 0. The Kier molecular flexibility index (Phi) is 5.73. The molecule has 0 radical (unpaired) electrons. The fraction of sp³-hybridized carbons (Fsp3) is 0.237. The van der Waals surface area contributed by atoms with E-state index in [1.165, 1.54) is 55.8 Å². The van der Waals surface area contributed by atoms with E-state index in [1.807, 2.05) is 0 Å². The Balaban J connectivity index is 1.35. The van der Waals surface area contributed by atoms with E-state index in [0.29, 0.717) is 11.8 Å².